The van der Waals surface area contributed by atoms with Crippen LogP contribution in [0, 0.1) is 0 Å². The third-order valence-electron chi connectivity index (χ3n) is 4.67. The van der Waals surface area contributed by atoms with E-state index in [9.17, 15) is 4.79 Å². The zero-order valence-electron chi connectivity index (χ0n) is 16.1. The molecule has 0 aliphatic rings. The summed E-state index contributed by atoms with van der Waals surface area (Å²) in [7, 11) is 1.61. The van der Waals surface area contributed by atoms with Gasteiger partial charge in [0.15, 0.2) is 0 Å². The van der Waals surface area contributed by atoms with E-state index >= 15 is 0 Å². The van der Waals surface area contributed by atoms with Crippen LogP contribution in [0.25, 0.3) is 11.0 Å². The molecule has 0 saturated carbocycles. The fraction of sp³-hybridized carbons (Fsp3) is 0.130. The van der Waals surface area contributed by atoms with Crippen LogP contribution in [0.1, 0.15) is 17.4 Å². The normalized spacial score (nSPS) is 11.8. The van der Waals surface area contributed by atoms with Crippen molar-refractivity contribution in [3.8, 4) is 5.75 Å². The largest absolute Gasteiger partial charge is 0.497 e. The van der Waals surface area contributed by atoms with Crippen LogP contribution in [0.15, 0.2) is 78.9 Å². The van der Waals surface area contributed by atoms with Crippen molar-refractivity contribution < 1.29 is 9.53 Å². The third kappa shape index (κ3) is 4.55. The number of imidazole rings is 1. The Labute approximate surface area is 168 Å². The topological polar surface area (TPSA) is 79.0 Å². The molecule has 0 aliphatic carbocycles. The Balaban J connectivity index is 1.54. The van der Waals surface area contributed by atoms with Gasteiger partial charge in [0.1, 0.15) is 11.6 Å². The summed E-state index contributed by atoms with van der Waals surface area (Å²) in [6.07, 6.45) is 0.622. The van der Waals surface area contributed by atoms with Gasteiger partial charge in [-0.25, -0.2) is 9.78 Å². The second-order valence-electron chi connectivity index (χ2n) is 6.71. The Morgan fingerprint density at radius 1 is 1.00 bits per heavy atom. The number of ether oxygens (including phenoxy) is 1. The Hall–Kier alpha value is -3.80. The summed E-state index contributed by atoms with van der Waals surface area (Å²) in [4.78, 5) is 20.7. The number of fused-ring (bicyclic) bond motifs is 1. The van der Waals surface area contributed by atoms with Gasteiger partial charge in [-0.15, -0.1) is 0 Å². The van der Waals surface area contributed by atoms with Gasteiger partial charge in [-0.05, 0) is 48.4 Å². The van der Waals surface area contributed by atoms with Gasteiger partial charge in [0.25, 0.3) is 0 Å². The Morgan fingerprint density at radius 3 is 2.45 bits per heavy atom. The molecule has 0 radical (unpaired) electrons. The highest BCUT2D eigenvalue weighted by molar-refractivity contribution is 5.89. The number of carbonyl (C=O) groups excluding carboxylic acids is 1. The molecule has 0 fully saturated rings. The lowest BCUT2D eigenvalue weighted by molar-refractivity contribution is 0.248. The quantitative estimate of drug-likeness (QED) is 0.450. The van der Waals surface area contributed by atoms with Crippen molar-refractivity contribution in [2.75, 3.05) is 12.4 Å². The average Bonchev–Trinajstić information content (AvgIpc) is 3.19. The van der Waals surface area contributed by atoms with Crippen molar-refractivity contribution in [3.05, 3.63) is 90.3 Å². The highest BCUT2D eigenvalue weighted by atomic mass is 16.5. The number of methoxy groups -OCH3 is 1. The summed E-state index contributed by atoms with van der Waals surface area (Å²) in [5.74, 6) is 1.46. The zero-order chi connectivity index (χ0) is 20.1. The van der Waals surface area contributed by atoms with Crippen molar-refractivity contribution in [3.63, 3.8) is 0 Å². The Bertz CT molecular complexity index is 1060. The van der Waals surface area contributed by atoms with Gasteiger partial charge in [-0.1, -0.05) is 42.5 Å². The molecular weight excluding hydrogens is 364 g/mol. The predicted molar refractivity (Wildman–Crippen MR) is 114 cm³/mol. The molecule has 0 spiro atoms. The molecule has 29 heavy (non-hydrogen) atoms. The number of benzene rings is 3. The van der Waals surface area contributed by atoms with Crippen LogP contribution in [-0.2, 0) is 6.42 Å². The van der Waals surface area contributed by atoms with E-state index in [-0.39, 0.29) is 12.1 Å². The minimum atomic E-state index is -0.303. The first-order valence-electron chi connectivity index (χ1n) is 9.41. The molecule has 0 saturated heterocycles. The van der Waals surface area contributed by atoms with Crippen LogP contribution < -0.4 is 15.4 Å². The molecule has 4 rings (SSSR count). The van der Waals surface area contributed by atoms with Crippen LogP contribution in [-0.4, -0.2) is 23.1 Å². The van der Waals surface area contributed by atoms with Crippen molar-refractivity contribution in [1.82, 2.24) is 15.3 Å². The van der Waals surface area contributed by atoms with E-state index in [4.69, 9.17) is 4.74 Å². The van der Waals surface area contributed by atoms with Gasteiger partial charge in [0.2, 0.25) is 0 Å². The molecule has 3 aromatic carbocycles. The lowest BCUT2D eigenvalue weighted by Gasteiger charge is -2.17. The summed E-state index contributed by atoms with van der Waals surface area (Å²) < 4.78 is 5.15. The number of hydrogen-bond acceptors (Lipinski definition) is 3. The highest BCUT2D eigenvalue weighted by Gasteiger charge is 2.19. The van der Waals surface area contributed by atoms with Gasteiger partial charge in [-0.3, -0.25) is 0 Å². The van der Waals surface area contributed by atoms with Crippen LogP contribution in [0.2, 0.25) is 0 Å². The van der Waals surface area contributed by atoms with Gasteiger partial charge < -0.3 is 20.4 Å². The van der Waals surface area contributed by atoms with Gasteiger partial charge >= 0.3 is 6.03 Å². The number of urea groups is 1. The maximum atomic E-state index is 12.7. The second kappa shape index (κ2) is 8.48. The molecule has 6 heteroatoms. The summed E-state index contributed by atoms with van der Waals surface area (Å²) in [5.41, 5.74) is 3.62. The monoisotopic (exact) mass is 386 g/mol. The maximum Gasteiger partial charge on any atom is 0.319 e. The molecule has 3 N–H and O–H groups in total. The van der Waals surface area contributed by atoms with Crippen molar-refractivity contribution in [1.29, 1.82) is 0 Å². The molecule has 146 valence electrons. The van der Waals surface area contributed by atoms with Crippen molar-refractivity contribution >= 4 is 22.8 Å². The minimum Gasteiger partial charge on any atom is -0.497 e. The highest BCUT2D eigenvalue weighted by Crippen LogP contribution is 2.21. The van der Waals surface area contributed by atoms with Gasteiger partial charge in [-0.2, -0.15) is 0 Å². The fourth-order valence-corrected chi connectivity index (χ4v) is 3.20. The van der Waals surface area contributed by atoms with Crippen LogP contribution >= 0.6 is 0 Å². The van der Waals surface area contributed by atoms with Crippen LogP contribution in [0.3, 0.4) is 0 Å². The molecule has 1 heterocycles. The van der Waals surface area contributed by atoms with E-state index in [2.05, 4.69) is 20.6 Å². The first-order valence-corrected chi connectivity index (χ1v) is 9.41. The van der Waals surface area contributed by atoms with Crippen LogP contribution in [0.4, 0.5) is 10.5 Å². The van der Waals surface area contributed by atoms with Crippen molar-refractivity contribution in [2.24, 2.45) is 0 Å². The lowest BCUT2D eigenvalue weighted by Crippen LogP contribution is -2.34. The summed E-state index contributed by atoms with van der Waals surface area (Å²) in [6.45, 7) is 0. The summed E-state index contributed by atoms with van der Waals surface area (Å²) >= 11 is 0. The number of anilines is 1. The molecule has 2 amide bonds. The van der Waals surface area contributed by atoms with E-state index in [1.54, 1.807) is 31.4 Å². The molecular formula is C23H22N4O2. The SMILES string of the molecule is COc1ccc(NC(=O)N[C@H](Cc2ccccc2)c2nc3ccccc3[nH]2)cc1. The number of nitrogens with one attached hydrogen (secondary N) is 3. The minimum absolute atomic E-state index is 0.295. The van der Waals surface area contributed by atoms with E-state index in [0.717, 1.165) is 28.2 Å². The first kappa shape index (κ1) is 18.6. The van der Waals surface area contributed by atoms with Gasteiger partial charge in [0.05, 0.1) is 24.2 Å². The fourth-order valence-electron chi connectivity index (χ4n) is 3.20. The summed E-state index contributed by atoms with van der Waals surface area (Å²) in [5, 5.41) is 5.91. The van der Waals surface area contributed by atoms with Crippen LogP contribution in [0.5, 0.6) is 5.75 Å². The Morgan fingerprint density at radius 2 is 1.72 bits per heavy atom. The molecule has 0 bridgehead atoms. The number of amides is 2. The van der Waals surface area contributed by atoms with Crippen molar-refractivity contribution in [2.45, 2.75) is 12.5 Å². The second-order valence-corrected chi connectivity index (χ2v) is 6.71. The number of H-pyrrole nitrogens is 1. The number of aromatic nitrogens is 2. The summed E-state index contributed by atoms with van der Waals surface area (Å²) in [6, 6.07) is 24.5. The predicted octanol–water partition coefficient (Wildman–Crippen LogP) is 4.68. The standard InChI is InChI=1S/C23H22N4O2/c1-29-18-13-11-17(12-14-18)24-23(28)27-21(15-16-7-3-2-4-8-16)22-25-19-9-5-6-10-20(19)26-22/h2-14,21H,15H2,1H3,(H,25,26)(H2,24,27,28)/t21-/m1/s1. The van der Waals surface area contributed by atoms with E-state index in [1.165, 1.54) is 0 Å². The molecule has 0 unspecified atom stereocenters. The number of rotatable bonds is 6. The molecule has 6 nitrogen and oxygen atoms in total. The van der Waals surface area contributed by atoms with E-state index in [0.29, 0.717) is 12.1 Å². The number of carbonyl (C=O) groups is 1. The third-order valence-corrected chi connectivity index (χ3v) is 4.67. The van der Waals surface area contributed by atoms with E-state index < -0.39 is 0 Å². The smallest absolute Gasteiger partial charge is 0.319 e. The molecule has 1 atom stereocenters. The molecule has 1 aromatic heterocycles. The average molecular weight is 386 g/mol. The first-order chi connectivity index (χ1) is 14.2. The van der Waals surface area contributed by atoms with Gasteiger partial charge in [0, 0.05) is 5.69 Å². The lowest BCUT2D eigenvalue weighted by atomic mass is 10.1. The number of hydrogen-bond donors (Lipinski definition) is 3. The number of aromatic amines is 1. The maximum absolute atomic E-state index is 12.7. The molecule has 4 aromatic rings. The molecule has 0 aliphatic heterocycles. The van der Waals surface area contributed by atoms with E-state index in [1.807, 2.05) is 54.6 Å². The number of para-hydroxylation sites is 2. The number of nitrogens with zero attached hydrogens (tertiary/aromatic N) is 1. The Kier molecular flexibility index (Phi) is 5.42. The zero-order valence-corrected chi connectivity index (χ0v) is 16.1.